The molecular formula is C22H25BrClN3O3S. The van der Waals surface area contributed by atoms with E-state index in [-0.39, 0.29) is 18.3 Å². The van der Waals surface area contributed by atoms with E-state index in [4.69, 9.17) is 9.47 Å². The number of ether oxygens (including phenoxy) is 2. The van der Waals surface area contributed by atoms with Crippen molar-refractivity contribution >= 4 is 67.0 Å². The number of amides is 1. The highest BCUT2D eigenvalue weighted by atomic mass is 79.9. The Labute approximate surface area is 201 Å². The number of benzene rings is 2. The van der Waals surface area contributed by atoms with Crippen LogP contribution in [-0.4, -0.2) is 57.2 Å². The van der Waals surface area contributed by atoms with Crippen LogP contribution in [0.1, 0.15) is 5.56 Å². The van der Waals surface area contributed by atoms with Crippen molar-refractivity contribution in [1.29, 1.82) is 0 Å². The Morgan fingerprint density at radius 1 is 1.10 bits per heavy atom. The van der Waals surface area contributed by atoms with Gasteiger partial charge in [0.2, 0.25) is 0 Å². The number of methoxy groups -OCH3 is 2. The Morgan fingerprint density at radius 3 is 2.52 bits per heavy atom. The average Bonchev–Trinajstić information content (AvgIpc) is 3.14. The molecule has 0 spiro atoms. The highest BCUT2D eigenvalue weighted by Crippen LogP contribution is 2.31. The summed E-state index contributed by atoms with van der Waals surface area (Å²) < 4.78 is 12.6. The molecule has 0 N–H and O–H groups in total. The Bertz CT molecular complexity index is 1070. The molecule has 6 nitrogen and oxygen atoms in total. The SMILES string of the molecule is COc1ccc(C=CC(=O)N(CCN(C)C)c2nc3ccc(Br)cc3s2)cc1OC.Cl. The molecule has 0 radical (unpaired) electrons. The minimum absolute atomic E-state index is 0. The number of rotatable bonds is 8. The molecule has 0 aliphatic heterocycles. The van der Waals surface area contributed by atoms with Gasteiger partial charge in [0, 0.05) is 23.6 Å². The van der Waals surface area contributed by atoms with Gasteiger partial charge in [-0.05, 0) is 56.1 Å². The number of likely N-dealkylation sites (N-methyl/N-ethyl adjacent to an activating group) is 1. The number of hydrogen-bond acceptors (Lipinski definition) is 6. The van der Waals surface area contributed by atoms with Crippen LogP contribution in [0.5, 0.6) is 11.5 Å². The van der Waals surface area contributed by atoms with E-state index in [0.29, 0.717) is 23.2 Å². The van der Waals surface area contributed by atoms with Gasteiger partial charge in [-0.1, -0.05) is 33.3 Å². The fourth-order valence-electron chi connectivity index (χ4n) is 2.82. The molecule has 0 bridgehead atoms. The summed E-state index contributed by atoms with van der Waals surface area (Å²) in [7, 11) is 7.15. The lowest BCUT2D eigenvalue weighted by Crippen LogP contribution is -2.35. The van der Waals surface area contributed by atoms with Crippen molar-refractivity contribution in [2.45, 2.75) is 0 Å². The van der Waals surface area contributed by atoms with Gasteiger partial charge in [0.15, 0.2) is 16.6 Å². The Hall–Kier alpha value is -2.13. The van der Waals surface area contributed by atoms with Crippen LogP contribution in [0.3, 0.4) is 0 Å². The van der Waals surface area contributed by atoms with Crippen LogP contribution in [0.4, 0.5) is 5.13 Å². The average molecular weight is 527 g/mol. The van der Waals surface area contributed by atoms with Gasteiger partial charge >= 0.3 is 0 Å². The molecule has 0 aliphatic rings. The van der Waals surface area contributed by atoms with Gasteiger partial charge in [-0.25, -0.2) is 4.98 Å². The largest absolute Gasteiger partial charge is 0.493 e. The van der Waals surface area contributed by atoms with Crippen LogP contribution in [0.25, 0.3) is 16.3 Å². The Kier molecular flexibility index (Phi) is 9.31. The summed E-state index contributed by atoms with van der Waals surface area (Å²) in [4.78, 5) is 21.5. The molecular weight excluding hydrogens is 502 g/mol. The van der Waals surface area contributed by atoms with Crippen LogP contribution in [0.2, 0.25) is 0 Å². The maximum absolute atomic E-state index is 13.1. The third-order valence-corrected chi connectivity index (χ3v) is 5.97. The number of carbonyl (C=O) groups is 1. The molecule has 166 valence electrons. The smallest absolute Gasteiger partial charge is 0.252 e. The number of nitrogens with zero attached hydrogens (tertiary/aromatic N) is 3. The molecule has 0 saturated heterocycles. The monoisotopic (exact) mass is 525 g/mol. The fraction of sp³-hybridized carbons (Fsp3) is 0.273. The summed E-state index contributed by atoms with van der Waals surface area (Å²) >= 11 is 5.00. The molecule has 0 aliphatic carbocycles. The van der Waals surface area contributed by atoms with E-state index in [2.05, 4.69) is 20.9 Å². The van der Waals surface area contributed by atoms with Crippen molar-refractivity contribution in [3.8, 4) is 11.5 Å². The number of hydrogen-bond donors (Lipinski definition) is 0. The lowest BCUT2D eigenvalue weighted by atomic mass is 10.2. The van der Waals surface area contributed by atoms with Gasteiger partial charge in [0.25, 0.3) is 5.91 Å². The second kappa shape index (κ2) is 11.5. The standard InChI is InChI=1S/C22H24BrN3O3S.ClH/c1-25(2)11-12-26(22-24-17-8-7-16(23)14-20(17)30-22)21(27)10-6-15-5-9-18(28-3)19(13-15)29-4;/h5-10,13-14H,11-12H2,1-4H3;1H. The first kappa shape index (κ1) is 25.1. The van der Waals surface area contributed by atoms with E-state index in [0.717, 1.165) is 26.8 Å². The van der Waals surface area contributed by atoms with Crippen molar-refractivity contribution in [2.24, 2.45) is 0 Å². The zero-order chi connectivity index (χ0) is 21.7. The van der Waals surface area contributed by atoms with Gasteiger partial charge in [-0.3, -0.25) is 9.69 Å². The molecule has 1 aromatic heterocycles. The quantitative estimate of drug-likeness (QED) is 0.382. The van der Waals surface area contributed by atoms with Crippen LogP contribution >= 0.6 is 39.7 Å². The number of fused-ring (bicyclic) bond motifs is 1. The van der Waals surface area contributed by atoms with Crippen molar-refractivity contribution < 1.29 is 14.3 Å². The zero-order valence-corrected chi connectivity index (χ0v) is 21.0. The topological polar surface area (TPSA) is 54.9 Å². The number of anilines is 1. The van der Waals surface area contributed by atoms with E-state index in [1.807, 2.05) is 55.4 Å². The lowest BCUT2D eigenvalue weighted by Gasteiger charge is -2.20. The van der Waals surface area contributed by atoms with Gasteiger partial charge in [-0.2, -0.15) is 0 Å². The number of aromatic nitrogens is 1. The number of halogens is 2. The predicted octanol–water partition coefficient (Wildman–Crippen LogP) is 5.11. The van der Waals surface area contributed by atoms with Gasteiger partial charge in [0.1, 0.15) is 0 Å². The van der Waals surface area contributed by atoms with E-state index in [1.54, 1.807) is 31.3 Å². The van der Waals surface area contributed by atoms with Crippen LogP contribution in [0.15, 0.2) is 46.9 Å². The molecule has 0 unspecified atom stereocenters. The summed E-state index contributed by atoms with van der Waals surface area (Å²) in [6.45, 7) is 1.28. The van der Waals surface area contributed by atoms with Gasteiger partial charge in [-0.15, -0.1) is 12.4 Å². The molecule has 2 aromatic carbocycles. The van der Waals surface area contributed by atoms with Gasteiger partial charge in [0.05, 0.1) is 24.4 Å². The molecule has 0 fully saturated rings. The highest BCUT2D eigenvalue weighted by Gasteiger charge is 2.18. The maximum atomic E-state index is 13.1. The molecule has 1 heterocycles. The minimum atomic E-state index is -0.121. The van der Waals surface area contributed by atoms with Crippen LogP contribution < -0.4 is 14.4 Å². The van der Waals surface area contributed by atoms with Crippen LogP contribution in [-0.2, 0) is 4.79 Å². The first-order valence-corrected chi connectivity index (χ1v) is 10.9. The third kappa shape index (κ3) is 6.43. The minimum Gasteiger partial charge on any atom is -0.493 e. The summed E-state index contributed by atoms with van der Waals surface area (Å²) in [5.74, 6) is 1.15. The number of carbonyl (C=O) groups excluding carboxylic acids is 1. The molecule has 3 rings (SSSR count). The predicted molar refractivity (Wildman–Crippen MR) is 134 cm³/mol. The van der Waals surface area contributed by atoms with E-state index < -0.39 is 0 Å². The lowest BCUT2D eigenvalue weighted by molar-refractivity contribution is -0.114. The van der Waals surface area contributed by atoms with Crippen molar-refractivity contribution in [3.05, 3.63) is 52.5 Å². The Balaban J connectivity index is 0.00000341. The molecule has 9 heteroatoms. The van der Waals surface area contributed by atoms with Crippen molar-refractivity contribution in [2.75, 3.05) is 46.3 Å². The molecule has 3 aromatic rings. The third-order valence-electron chi connectivity index (χ3n) is 4.43. The van der Waals surface area contributed by atoms with Crippen molar-refractivity contribution in [3.63, 3.8) is 0 Å². The van der Waals surface area contributed by atoms with E-state index >= 15 is 0 Å². The first-order chi connectivity index (χ1) is 14.4. The van der Waals surface area contributed by atoms with E-state index in [9.17, 15) is 4.79 Å². The normalized spacial score (nSPS) is 11.0. The molecule has 0 saturated carbocycles. The zero-order valence-electron chi connectivity index (χ0n) is 17.8. The molecule has 1 amide bonds. The summed E-state index contributed by atoms with van der Waals surface area (Å²) in [5.41, 5.74) is 1.73. The second-order valence-corrected chi connectivity index (χ2v) is 8.77. The van der Waals surface area contributed by atoms with Crippen molar-refractivity contribution in [1.82, 2.24) is 9.88 Å². The first-order valence-electron chi connectivity index (χ1n) is 9.33. The summed E-state index contributed by atoms with van der Waals surface area (Å²) in [6, 6.07) is 11.5. The Morgan fingerprint density at radius 2 is 1.84 bits per heavy atom. The van der Waals surface area contributed by atoms with Gasteiger partial charge < -0.3 is 14.4 Å². The number of thiazole rings is 1. The fourth-order valence-corrected chi connectivity index (χ4v) is 4.36. The summed E-state index contributed by atoms with van der Waals surface area (Å²) in [5, 5.41) is 0.687. The molecule has 0 atom stereocenters. The second-order valence-electron chi connectivity index (χ2n) is 6.85. The summed E-state index contributed by atoms with van der Waals surface area (Å²) in [6.07, 6.45) is 3.34. The molecule has 31 heavy (non-hydrogen) atoms. The maximum Gasteiger partial charge on any atom is 0.252 e. The van der Waals surface area contributed by atoms with Crippen LogP contribution in [0, 0.1) is 0 Å². The highest BCUT2D eigenvalue weighted by molar-refractivity contribution is 9.10. The van der Waals surface area contributed by atoms with E-state index in [1.165, 1.54) is 11.3 Å².